The number of halogens is 2. The number of carboxylic acid groups (broad SMARTS) is 1. The van der Waals surface area contributed by atoms with Crippen LogP contribution in [-0.4, -0.2) is 17.0 Å². The lowest BCUT2D eigenvalue weighted by Gasteiger charge is -2.08. The Morgan fingerprint density at radius 1 is 1.24 bits per heavy atom. The Morgan fingerprint density at radius 2 is 1.88 bits per heavy atom. The van der Waals surface area contributed by atoms with Gasteiger partial charge in [0.1, 0.15) is 0 Å². The van der Waals surface area contributed by atoms with Crippen LogP contribution in [0.3, 0.4) is 0 Å². The molecule has 0 saturated heterocycles. The average Bonchev–Trinajstić information content (AvgIpc) is 2.23. The van der Waals surface area contributed by atoms with Crippen molar-refractivity contribution in [1.29, 1.82) is 0 Å². The van der Waals surface area contributed by atoms with Gasteiger partial charge in [-0.25, -0.2) is 0 Å². The Bertz CT molecular complexity index is 460. The van der Waals surface area contributed by atoms with Gasteiger partial charge in [-0.1, -0.05) is 23.2 Å². The van der Waals surface area contributed by atoms with Crippen LogP contribution < -0.4 is 5.32 Å². The van der Waals surface area contributed by atoms with Crippen molar-refractivity contribution in [2.24, 2.45) is 0 Å². The zero-order valence-electron chi connectivity index (χ0n) is 9.09. The second kappa shape index (κ2) is 5.89. The molecule has 1 aromatic carbocycles. The van der Waals surface area contributed by atoms with Crippen LogP contribution in [0.15, 0.2) is 12.1 Å². The topological polar surface area (TPSA) is 66.4 Å². The van der Waals surface area contributed by atoms with Crippen LogP contribution in [0.4, 0.5) is 5.69 Å². The first-order valence-electron chi connectivity index (χ1n) is 4.87. The molecular formula is C11H11Cl2NO3. The summed E-state index contributed by atoms with van der Waals surface area (Å²) >= 11 is 11.8. The molecule has 0 bridgehead atoms. The summed E-state index contributed by atoms with van der Waals surface area (Å²) in [6, 6.07) is 3.18. The zero-order valence-corrected chi connectivity index (χ0v) is 10.6. The van der Waals surface area contributed by atoms with Crippen molar-refractivity contribution in [2.45, 2.75) is 19.8 Å². The molecule has 0 aliphatic rings. The van der Waals surface area contributed by atoms with Crippen LogP contribution in [0.5, 0.6) is 0 Å². The molecule has 0 heterocycles. The van der Waals surface area contributed by atoms with Crippen LogP contribution in [-0.2, 0) is 9.59 Å². The molecule has 1 rings (SSSR count). The van der Waals surface area contributed by atoms with E-state index in [2.05, 4.69) is 5.32 Å². The van der Waals surface area contributed by atoms with Gasteiger partial charge in [0.2, 0.25) is 5.91 Å². The third-order valence-corrected chi connectivity index (χ3v) is 2.81. The average molecular weight is 276 g/mol. The molecular weight excluding hydrogens is 265 g/mol. The molecule has 0 spiro atoms. The molecule has 0 aromatic heterocycles. The van der Waals surface area contributed by atoms with Crippen molar-refractivity contribution >= 4 is 40.8 Å². The summed E-state index contributed by atoms with van der Waals surface area (Å²) in [4.78, 5) is 21.7. The highest BCUT2D eigenvalue weighted by Crippen LogP contribution is 2.28. The molecule has 0 radical (unpaired) electrons. The number of hydrogen-bond acceptors (Lipinski definition) is 2. The number of benzene rings is 1. The highest BCUT2D eigenvalue weighted by molar-refractivity contribution is 6.36. The summed E-state index contributed by atoms with van der Waals surface area (Å²) in [5.41, 5.74) is 1.19. The zero-order chi connectivity index (χ0) is 13.0. The maximum atomic E-state index is 11.4. The minimum atomic E-state index is -1.02. The molecule has 0 aliphatic heterocycles. The van der Waals surface area contributed by atoms with Crippen LogP contribution in [0, 0.1) is 6.92 Å². The van der Waals surface area contributed by atoms with E-state index in [1.807, 2.05) is 0 Å². The minimum Gasteiger partial charge on any atom is -0.481 e. The van der Waals surface area contributed by atoms with Gasteiger partial charge in [0.25, 0.3) is 0 Å². The Kier molecular flexibility index (Phi) is 4.78. The lowest BCUT2D eigenvalue weighted by atomic mass is 10.2. The Hall–Kier alpha value is -1.26. The van der Waals surface area contributed by atoms with E-state index in [4.69, 9.17) is 28.3 Å². The fourth-order valence-electron chi connectivity index (χ4n) is 1.18. The van der Waals surface area contributed by atoms with Crippen LogP contribution in [0.1, 0.15) is 18.4 Å². The molecule has 92 valence electrons. The molecule has 17 heavy (non-hydrogen) atoms. The number of aryl methyl sites for hydroxylation is 1. The maximum absolute atomic E-state index is 11.4. The van der Waals surface area contributed by atoms with E-state index in [0.29, 0.717) is 15.7 Å². The van der Waals surface area contributed by atoms with Crippen LogP contribution in [0.25, 0.3) is 0 Å². The van der Waals surface area contributed by atoms with Crippen molar-refractivity contribution in [3.05, 3.63) is 27.7 Å². The summed E-state index contributed by atoms with van der Waals surface area (Å²) in [5.74, 6) is -1.43. The van der Waals surface area contributed by atoms with Gasteiger partial charge in [-0.2, -0.15) is 0 Å². The Morgan fingerprint density at radius 3 is 2.47 bits per heavy atom. The number of carbonyl (C=O) groups is 2. The second-order valence-corrected chi connectivity index (χ2v) is 4.34. The van der Waals surface area contributed by atoms with Gasteiger partial charge >= 0.3 is 5.97 Å². The monoisotopic (exact) mass is 275 g/mol. The number of hydrogen-bond donors (Lipinski definition) is 2. The summed E-state index contributed by atoms with van der Waals surface area (Å²) in [6.07, 6.45) is -0.319. The summed E-state index contributed by atoms with van der Waals surface area (Å²) in [5, 5.41) is 11.8. The largest absolute Gasteiger partial charge is 0.481 e. The van der Waals surface area contributed by atoms with E-state index in [-0.39, 0.29) is 12.8 Å². The lowest BCUT2D eigenvalue weighted by Crippen LogP contribution is -2.13. The number of rotatable bonds is 4. The fraction of sp³-hybridized carbons (Fsp3) is 0.273. The molecule has 0 atom stereocenters. The first-order valence-corrected chi connectivity index (χ1v) is 5.63. The van der Waals surface area contributed by atoms with Gasteiger partial charge in [-0.15, -0.1) is 0 Å². The fourth-order valence-corrected chi connectivity index (χ4v) is 1.60. The lowest BCUT2D eigenvalue weighted by molar-refractivity contribution is -0.138. The number of carboxylic acids is 1. The predicted octanol–water partition coefficient (Wildman–Crippen LogP) is 3.11. The highest BCUT2D eigenvalue weighted by Gasteiger charge is 2.09. The third-order valence-electron chi connectivity index (χ3n) is 2.09. The molecule has 4 nitrogen and oxygen atoms in total. The van der Waals surface area contributed by atoms with Gasteiger partial charge in [0.05, 0.1) is 17.1 Å². The number of amides is 1. The molecule has 0 unspecified atom stereocenters. The van der Waals surface area contributed by atoms with Gasteiger partial charge in [-0.05, 0) is 24.6 Å². The smallest absolute Gasteiger partial charge is 0.303 e. The van der Waals surface area contributed by atoms with Crippen molar-refractivity contribution in [1.82, 2.24) is 0 Å². The van der Waals surface area contributed by atoms with Crippen molar-refractivity contribution in [3.8, 4) is 0 Å². The standard InChI is InChI=1S/C11H11Cl2NO3/c1-6-4-8(13)9(5-7(6)12)14-10(15)2-3-11(16)17/h4-5H,2-3H2,1H3,(H,14,15)(H,16,17). The first-order chi connectivity index (χ1) is 7.90. The maximum Gasteiger partial charge on any atom is 0.303 e. The molecule has 0 aliphatic carbocycles. The quantitative estimate of drug-likeness (QED) is 0.887. The summed E-state index contributed by atoms with van der Waals surface area (Å²) in [6.45, 7) is 1.80. The highest BCUT2D eigenvalue weighted by atomic mass is 35.5. The van der Waals surface area contributed by atoms with Crippen molar-refractivity contribution < 1.29 is 14.7 Å². The number of aliphatic carboxylic acids is 1. The van der Waals surface area contributed by atoms with E-state index in [0.717, 1.165) is 5.56 Å². The molecule has 2 N–H and O–H groups in total. The SMILES string of the molecule is Cc1cc(Cl)c(NC(=O)CCC(=O)O)cc1Cl. The predicted molar refractivity (Wildman–Crippen MR) is 66.7 cm³/mol. The van der Waals surface area contributed by atoms with Crippen molar-refractivity contribution in [2.75, 3.05) is 5.32 Å². The summed E-state index contributed by atoms with van der Waals surface area (Å²) in [7, 11) is 0. The molecule has 1 aromatic rings. The first kappa shape index (κ1) is 13.8. The summed E-state index contributed by atoms with van der Waals surface area (Å²) < 4.78 is 0. The minimum absolute atomic E-state index is 0.100. The second-order valence-electron chi connectivity index (χ2n) is 3.52. The normalized spacial score (nSPS) is 10.1. The van der Waals surface area contributed by atoms with Crippen LogP contribution >= 0.6 is 23.2 Å². The molecule has 1 amide bonds. The van der Waals surface area contributed by atoms with Gasteiger partial charge < -0.3 is 10.4 Å². The van der Waals surface area contributed by atoms with Crippen molar-refractivity contribution in [3.63, 3.8) is 0 Å². The van der Waals surface area contributed by atoms with Gasteiger partial charge in [0, 0.05) is 11.4 Å². The molecule has 0 saturated carbocycles. The molecule has 6 heteroatoms. The van der Waals surface area contributed by atoms with E-state index >= 15 is 0 Å². The Balaban J connectivity index is 2.71. The number of anilines is 1. The van der Waals surface area contributed by atoms with Gasteiger partial charge in [-0.3, -0.25) is 9.59 Å². The van der Waals surface area contributed by atoms with E-state index < -0.39 is 11.9 Å². The number of carbonyl (C=O) groups excluding carboxylic acids is 1. The molecule has 0 fully saturated rings. The van der Waals surface area contributed by atoms with E-state index in [1.54, 1.807) is 13.0 Å². The third kappa shape index (κ3) is 4.24. The van der Waals surface area contributed by atoms with Gasteiger partial charge in [0.15, 0.2) is 0 Å². The Labute approximate surface area is 109 Å². The van der Waals surface area contributed by atoms with Crippen LogP contribution in [0.2, 0.25) is 10.0 Å². The number of nitrogens with one attached hydrogen (secondary N) is 1. The van der Waals surface area contributed by atoms with E-state index in [1.165, 1.54) is 6.07 Å². The van der Waals surface area contributed by atoms with E-state index in [9.17, 15) is 9.59 Å².